The molecule has 2 fully saturated rings. The Morgan fingerprint density at radius 1 is 1.31 bits per heavy atom. The quantitative estimate of drug-likeness (QED) is 0.800. The Kier molecular flexibility index (Phi) is 5.47. The third kappa shape index (κ3) is 3.82. The lowest BCUT2D eigenvalue weighted by Gasteiger charge is -2.50. The van der Waals surface area contributed by atoms with Gasteiger partial charge in [-0.3, -0.25) is 9.58 Å². The van der Waals surface area contributed by atoms with Crippen molar-refractivity contribution in [2.75, 3.05) is 40.3 Å². The van der Waals surface area contributed by atoms with E-state index in [2.05, 4.69) is 30.0 Å². The van der Waals surface area contributed by atoms with Gasteiger partial charge in [0.15, 0.2) is 0 Å². The fourth-order valence-corrected chi connectivity index (χ4v) is 5.08. The van der Waals surface area contributed by atoms with Crippen LogP contribution in [0, 0.1) is 5.92 Å². The van der Waals surface area contributed by atoms with Crippen molar-refractivity contribution in [2.45, 2.75) is 44.9 Å². The number of aromatic nitrogens is 2. The van der Waals surface area contributed by atoms with Gasteiger partial charge in [-0.2, -0.15) is 22.1 Å². The molecular weight excluding hydrogens is 354 g/mol. The minimum atomic E-state index is -3.44. The van der Waals surface area contributed by atoms with E-state index in [1.54, 1.807) is 14.1 Å². The Bertz CT molecular complexity index is 733. The lowest BCUT2D eigenvalue weighted by Crippen LogP contribution is -2.61. The van der Waals surface area contributed by atoms with Crippen molar-refractivity contribution in [3.8, 4) is 0 Å². The Hall–Kier alpha value is -1.00. The van der Waals surface area contributed by atoms with Crippen LogP contribution in [-0.4, -0.2) is 82.7 Å². The van der Waals surface area contributed by atoms with E-state index in [9.17, 15) is 13.5 Å². The highest BCUT2D eigenvalue weighted by Gasteiger charge is 2.47. The second-order valence-electron chi connectivity index (χ2n) is 8.11. The number of nitrogens with zero attached hydrogens (tertiary/aromatic N) is 5. The van der Waals surface area contributed by atoms with Crippen LogP contribution in [0.25, 0.3) is 0 Å². The maximum atomic E-state index is 12.4. The van der Waals surface area contributed by atoms with Crippen molar-refractivity contribution >= 4 is 10.2 Å². The van der Waals surface area contributed by atoms with Gasteiger partial charge in [-0.15, -0.1) is 0 Å². The van der Waals surface area contributed by atoms with E-state index in [0.29, 0.717) is 38.5 Å². The molecule has 1 aromatic rings. The van der Waals surface area contributed by atoms with E-state index in [-0.39, 0.29) is 5.92 Å². The highest BCUT2D eigenvalue weighted by molar-refractivity contribution is 7.86. The summed E-state index contributed by atoms with van der Waals surface area (Å²) in [5, 5.41) is 15.4. The van der Waals surface area contributed by atoms with Gasteiger partial charge in [0, 0.05) is 70.5 Å². The predicted octanol–water partition coefficient (Wildman–Crippen LogP) is 0.529. The first-order valence-corrected chi connectivity index (χ1v) is 10.7. The molecule has 0 radical (unpaired) electrons. The first kappa shape index (κ1) is 19.8. The largest absolute Gasteiger partial charge is 0.389 e. The van der Waals surface area contributed by atoms with E-state index in [0.717, 1.165) is 18.7 Å². The lowest BCUT2D eigenvalue weighted by molar-refractivity contribution is -0.103. The number of rotatable bonds is 5. The summed E-state index contributed by atoms with van der Waals surface area (Å²) in [6.45, 7) is 7.25. The first-order chi connectivity index (χ1) is 12.1. The van der Waals surface area contributed by atoms with Crippen LogP contribution in [0.5, 0.6) is 0 Å². The van der Waals surface area contributed by atoms with E-state index in [1.165, 1.54) is 8.61 Å². The van der Waals surface area contributed by atoms with Crippen LogP contribution in [-0.2, 0) is 16.8 Å². The molecule has 1 N–H and O–H groups in total. The average Bonchev–Trinajstić information content (AvgIpc) is 3.03. The van der Waals surface area contributed by atoms with Crippen molar-refractivity contribution < 1.29 is 13.5 Å². The van der Waals surface area contributed by atoms with Crippen LogP contribution in [0.1, 0.15) is 38.3 Å². The molecule has 2 saturated heterocycles. The molecule has 0 aromatic carbocycles. The molecule has 8 nitrogen and oxygen atoms in total. The van der Waals surface area contributed by atoms with Crippen LogP contribution >= 0.6 is 0 Å². The molecule has 0 amide bonds. The molecule has 26 heavy (non-hydrogen) atoms. The first-order valence-electron chi connectivity index (χ1n) is 9.27. The van der Waals surface area contributed by atoms with Crippen molar-refractivity contribution in [3.05, 3.63) is 18.0 Å². The summed E-state index contributed by atoms with van der Waals surface area (Å²) >= 11 is 0. The molecule has 2 aliphatic rings. The van der Waals surface area contributed by atoms with Crippen molar-refractivity contribution in [2.24, 2.45) is 5.92 Å². The fraction of sp³-hybridized carbons (Fsp3) is 0.824. The van der Waals surface area contributed by atoms with Crippen LogP contribution < -0.4 is 0 Å². The highest BCUT2D eigenvalue weighted by Crippen LogP contribution is 2.36. The molecule has 9 heteroatoms. The predicted molar refractivity (Wildman–Crippen MR) is 99.7 cm³/mol. The Morgan fingerprint density at radius 2 is 2.00 bits per heavy atom. The molecule has 0 aliphatic carbocycles. The fourth-order valence-electron chi connectivity index (χ4n) is 3.92. The van der Waals surface area contributed by atoms with Crippen molar-refractivity contribution in [1.29, 1.82) is 0 Å². The molecule has 3 rings (SSSR count). The summed E-state index contributed by atoms with van der Waals surface area (Å²) in [5.74, 6) is -0.0696. The number of hydrogen-bond donors (Lipinski definition) is 1. The monoisotopic (exact) mass is 385 g/mol. The summed E-state index contributed by atoms with van der Waals surface area (Å²) in [7, 11) is -0.334. The number of hydrogen-bond acceptors (Lipinski definition) is 5. The zero-order valence-electron chi connectivity index (χ0n) is 16.2. The maximum absolute atomic E-state index is 12.4. The Balaban J connectivity index is 1.68. The zero-order valence-corrected chi connectivity index (χ0v) is 17.0. The standard InChI is InChI=1S/C17H31N5O3S/c1-14(2)22-11-15(9-18-22)10-20-7-5-17(23)6-8-21(13-16(17)12-20)26(24,25)19(3)4/h9,11,14,16,23H,5-8,10,12-13H2,1-4H3/t16-,17-/m1/s1. The Labute approximate surface area is 156 Å². The second-order valence-corrected chi connectivity index (χ2v) is 10.2. The van der Waals surface area contributed by atoms with Gasteiger partial charge in [0.25, 0.3) is 10.2 Å². The smallest absolute Gasteiger partial charge is 0.281 e. The molecule has 0 bridgehead atoms. The van der Waals surface area contributed by atoms with Gasteiger partial charge < -0.3 is 5.11 Å². The lowest BCUT2D eigenvalue weighted by atomic mass is 9.76. The van der Waals surface area contributed by atoms with Gasteiger partial charge in [-0.05, 0) is 26.7 Å². The minimum absolute atomic E-state index is 0.0696. The van der Waals surface area contributed by atoms with Crippen LogP contribution in [0.4, 0.5) is 0 Å². The van der Waals surface area contributed by atoms with Crippen LogP contribution in [0.3, 0.4) is 0 Å². The molecule has 2 atom stereocenters. The molecular formula is C17H31N5O3S. The molecule has 2 aliphatic heterocycles. The maximum Gasteiger partial charge on any atom is 0.281 e. The highest BCUT2D eigenvalue weighted by atomic mass is 32.2. The molecule has 148 valence electrons. The molecule has 0 saturated carbocycles. The molecule has 0 unspecified atom stereocenters. The van der Waals surface area contributed by atoms with E-state index < -0.39 is 15.8 Å². The second kappa shape index (κ2) is 7.20. The van der Waals surface area contributed by atoms with E-state index in [4.69, 9.17) is 0 Å². The van der Waals surface area contributed by atoms with Gasteiger partial charge in [0.2, 0.25) is 0 Å². The summed E-state index contributed by atoms with van der Waals surface area (Å²) < 4.78 is 29.6. The molecule has 3 heterocycles. The number of likely N-dealkylation sites (tertiary alicyclic amines) is 1. The summed E-state index contributed by atoms with van der Waals surface area (Å²) in [6, 6.07) is 0.332. The summed E-state index contributed by atoms with van der Waals surface area (Å²) in [6.07, 6.45) is 5.15. The topological polar surface area (TPSA) is 81.9 Å². The van der Waals surface area contributed by atoms with Crippen molar-refractivity contribution in [3.63, 3.8) is 0 Å². The number of piperidine rings is 2. The van der Waals surface area contributed by atoms with Gasteiger partial charge in [0.05, 0.1) is 11.8 Å². The van der Waals surface area contributed by atoms with Crippen LogP contribution in [0.2, 0.25) is 0 Å². The molecule has 1 aromatic heterocycles. The van der Waals surface area contributed by atoms with E-state index >= 15 is 0 Å². The van der Waals surface area contributed by atoms with Gasteiger partial charge in [-0.1, -0.05) is 0 Å². The van der Waals surface area contributed by atoms with Crippen LogP contribution in [0.15, 0.2) is 12.4 Å². The van der Waals surface area contributed by atoms with Gasteiger partial charge >= 0.3 is 0 Å². The number of fused-ring (bicyclic) bond motifs is 1. The van der Waals surface area contributed by atoms with Gasteiger partial charge in [0.1, 0.15) is 0 Å². The zero-order chi connectivity index (χ0) is 19.1. The van der Waals surface area contributed by atoms with Crippen molar-refractivity contribution in [1.82, 2.24) is 23.3 Å². The molecule has 0 spiro atoms. The SMILES string of the molecule is CC(C)n1cc(CN2CC[C@@]3(O)CCN(S(=O)(=O)N(C)C)C[C@H]3C2)cn1. The normalized spacial score (nSPS) is 28.7. The third-order valence-electron chi connectivity index (χ3n) is 5.70. The van der Waals surface area contributed by atoms with Gasteiger partial charge in [-0.25, -0.2) is 0 Å². The average molecular weight is 386 g/mol. The summed E-state index contributed by atoms with van der Waals surface area (Å²) in [4.78, 5) is 2.30. The third-order valence-corrected chi connectivity index (χ3v) is 7.60. The minimum Gasteiger partial charge on any atom is -0.389 e. The Morgan fingerprint density at radius 3 is 2.62 bits per heavy atom. The number of aliphatic hydroxyl groups is 1. The summed E-state index contributed by atoms with van der Waals surface area (Å²) in [5.41, 5.74) is 0.398. The van der Waals surface area contributed by atoms with E-state index in [1.807, 2.05) is 10.9 Å².